The lowest BCUT2D eigenvalue weighted by atomic mass is 10.1. The fourth-order valence-corrected chi connectivity index (χ4v) is 2.74. The maximum Gasteiger partial charge on any atom is 0.278 e. The number of aromatic nitrogens is 2. The predicted molar refractivity (Wildman–Crippen MR) is 79.7 cm³/mol. The lowest BCUT2D eigenvalue weighted by Gasteiger charge is -2.13. The molecule has 1 aliphatic rings. The Labute approximate surface area is 123 Å². The zero-order valence-electron chi connectivity index (χ0n) is 12.1. The molecule has 110 valence electrons. The van der Waals surface area contributed by atoms with E-state index in [0.717, 1.165) is 43.6 Å². The quantitative estimate of drug-likeness (QED) is 0.942. The number of likely N-dealkylation sites (tertiary alicyclic amines) is 1. The number of rotatable bonds is 3. The maximum atomic E-state index is 12.4. The summed E-state index contributed by atoms with van der Waals surface area (Å²) in [5, 5.41) is 14.4. The van der Waals surface area contributed by atoms with Crippen LogP contribution in [-0.4, -0.2) is 38.8 Å². The second kappa shape index (κ2) is 5.60. The third-order valence-corrected chi connectivity index (χ3v) is 3.91. The highest BCUT2D eigenvalue weighted by Crippen LogP contribution is 2.23. The predicted octanol–water partition coefficient (Wildman–Crippen LogP) is 2.38. The molecule has 0 bridgehead atoms. The SMILES string of the molecule is CCc1ccccc1-n1cc(O)c(C(=O)N2CCCC2)n1. The minimum Gasteiger partial charge on any atom is -0.504 e. The van der Waals surface area contributed by atoms with Gasteiger partial charge in [0.25, 0.3) is 5.91 Å². The van der Waals surface area contributed by atoms with Crippen LogP contribution in [0.15, 0.2) is 30.5 Å². The number of hydrogen-bond acceptors (Lipinski definition) is 3. The molecule has 0 spiro atoms. The van der Waals surface area contributed by atoms with Gasteiger partial charge in [0, 0.05) is 13.1 Å². The lowest BCUT2D eigenvalue weighted by molar-refractivity contribution is 0.0783. The van der Waals surface area contributed by atoms with Crippen molar-refractivity contribution in [2.45, 2.75) is 26.2 Å². The fourth-order valence-electron chi connectivity index (χ4n) is 2.74. The van der Waals surface area contributed by atoms with Gasteiger partial charge in [-0.1, -0.05) is 25.1 Å². The van der Waals surface area contributed by atoms with Crippen molar-refractivity contribution < 1.29 is 9.90 Å². The monoisotopic (exact) mass is 285 g/mol. The zero-order valence-corrected chi connectivity index (χ0v) is 12.1. The van der Waals surface area contributed by atoms with Crippen molar-refractivity contribution in [3.8, 4) is 11.4 Å². The largest absolute Gasteiger partial charge is 0.504 e. The molecule has 1 amide bonds. The topological polar surface area (TPSA) is 58.4 Å². The molecular formula is C16H19N3O2. The average Bonchev–Trinajstić information content (AvgIpc) is 3.16. The summed E-state index contributed by atoms with van der Waals surface area (Å²) in [6.07, 6.45) is 4.42. The lowest BCUT2D eigenvalue weighted by Crippen LogP contribution is -2.28. The molecule has 1 aliphatic heterocycles. The number of nitrogens with zero attached hydrogens (tertiary/aromatic N) is 3. The van der Waals surface area contributed by atoms with Gasteiger partial charge in [0.15, 0.2) is 11.4 Å². The number of aromatic hydroxyl groups is 1. The summed E-state index contributed by atoms with van der Waals surface area (Å²) >= 11 is 0. The summed E-state index contributed by atoms with van der Waals surface area (Å²) in [7, 11) is 0. The van der Waals surface area contributed by atoms with Crippen LogP contribution < -0.4 is 0 Å². The Kier molecular flexibility index (Phi) is 3.64. The molecule has 1 fully saturated rings. The van der Waals surface area contributed by atoms with Gasteiger partial charge in [0.05, 0.1) is 11.9 Å². The van der Waals surface area contributed by atoms with E-state index in [2.05, 4.69) is 12.0 Å². The standard InChI is InChI=1S/C16H19N3O2/c1-2-12-7-3-4-8-13(12)19-11-14(20)15(17-19)16(21)18-9-5-6-10-18/h3-4,7-8,11,20H,2,5-6,9-10H2,1H3. The number of amides is 1. The molecule has 2 heterocycles. The molecule has 21 heavy (non-hydrogen) atoms. The molecule has 1 N–H and O–H groups in total. The van der Waals surface area contributed by atoms with E-state index in [9.17, 15) is 9.90 Å². The van der Waals surface area contributed by atoms with Crippen molar-refractivity contribution >= 4 is 5.91 Å². The van der Waals surface area contributed by atoms with Crippen LogP contribution in [0.1, 0.15) is 35.8 Å². The van der Waals surface area contributed by atoms with Crippen LogP contribution in [0.3, 0.4) is 0 Å². The van der Waals surface area contributed by atoms with Crippen molar-refractivity contribution in [1.82, 2.24) is 14.7 Å². The minimum absolute atomic E-state index is 0.0576. The number of benzene rings is 1. The molecule has 3 rings (SSSR count). The van der Waals surface area contributed by atoms with Gasteiger partial charge in [-0.25, -0.2) is 4.68 Å². The van der Waals surface area contributed by atoms with Crippen molar-refractivity contribution in [2.75, 3.05) is 13.1 Å². The normalized spacial score (nSPS) is 14.6. The van der Waals surface area contributed by atoms with Gasteiger partial charge < -0.3 is 10.0 Å². The third-order valence-electron chi connectivity index (χ3n) is 3.91. The van der Waals surface area contributed by atoms with E-state index < -0.39 is 0 Å². The summed E-state index contributed by atoms with van der Waals surface area (Å²) < 4.78 is 1.59. The second-order valence-corrected chi connectivity index (χ2v) is 5.29. The van der Waals surface area contributed by atoms with E-state index in [1.54, 1.807) is 9.58 Å². The molecule has 1 aromatic carbocycles. The summed E-state index contributed by atoms with van der Waals surface area (Å²) in [5.41, 5.74) is 2.17. The Balaban J connectivity index is 1.95. The Morgan fingerprint density at radius 3 is 2.71 bits per heavy atom. The first-order valence-electron chi connectivity index (χ1n) is 7.37. The molecule has 0 saturated carbocycles. The van der Waals surface area contributed by atoms with Gasteiger partial charge in [-0.3, -0.25) is 4.79 Å². The molecule has 1 saturated heterocycles. The Morgan fingerprint density at radius 1 is 1.29 bits per heavy atom. The summed E-state index contributed by atoms with van der Waals surface area (Å²) in [6.45, 7) is 3.56. The van der Waals surface area contributed by atoms with Gasteiger partial charge in [-0.05, 0) is 30.9 Å². The Hall–Kier alpha value is -2.30. The van der Waals surface area contributed by atoms with Crippen molar-refractivity contribution in [3.05, 3.63) is 41.7 Å². The highest BCUT2D eigenvalue weighted by atomic mass is 16.3. The average molecular weight is 285 g/mol. The van der Waals surface area contributed by atoms with E-state index in [1.807, 2.05) is 24.3 Å². The van der Waals surface area contributed by atoms with Crippen LogP contribution in [0.25, 0.3) is 5.69 Å². The van der Waals surface area contributed by atoms with Crippen molar-refractivity contribution in [3.63, 3.8) is 0 Å². The molecule has 2 aromatic rings. The van der Waals surface area contributed by atoms with Gasteiger partial charge in [0.1, 0.15) is 0 Å². The van der Waals surface area contributed by atoms with E-state index in [1.165, 1.54) is 6.20 Å². The van der Waals surface area contributed by atoms with Gasteiger partial charge in [0.2, 0.25) is 0 Å². The highest BCUT2D eigenvalue weighted by Gasteiger charge is 2.25. The third kappa shape index (κ3) is 2.51. The van der Waals surface area contributed by atoms with Crippen molar-refractivity contribution in [1.29, 1.82) is 0 Å². The van der Waals surface area contributed by atoms with Crippen LogP contribution in [0.2, 0.25) is 0 Å². The summed E-state index contributed by atoms with van der Waals surface area (Å²) in [4.78, 5) is 14.1. The van der Waals surface area contributed by atoms with Crippen LogP contribution in [0.5, 0.6) is 5.75 Å². The Bertz CT molecular complexity index is 657. The number of hydrogen-bond donors (Lipinski definition) is 1. The Morgan fingerprint density at radius 2 is 2.00 bits per heavy atom. The molecule has 5 nitrogen and oxygen atoms in total. The molecule has 0 atom stereocenters. The molecular weight excluding hydrogens is 266 g/mol. The first kappa shape index (κ1) is 13.7. The molecule has 0 unspecified atom stereocenters. The number of carbonyl (C=O) groups is 1. The van der Waals surface area contributed by atoms with Crippen LogP contribution in [-0.2, 0) is 6.42 Å². The second-order valence-electron chi connectivity index (χ2n) is 5.29. The van der Waals surface area contributed by atoms with E-state index in [-0.39, 0.29) is 17.4 Å². The molecule has 5 heteroatoms. The summed E-state index contributed by atoms with van der Waals surface area (Å²) in [6, 6.07) is 7.86. The van der Waals surface area contributed by atoms with E-state index >= 15 is 0 Å². The number of para-hydroxylation sites is 1. The number of carbonyl (C=O) groups excluding carboxylic acids is 1. The summed E-state index contributed by atoms with van der Waals surface area (Å²) in [5.74, 6) is -0.240. The molecule has 0 radical (unpaired) electrons. The number of aryl methyl sites for hydroxylation is 1. The highest BCUT2D eigenvalue weighted by molar-refractivity contribution is 5.95. The minimum atomic E-state index is -0.183. The zero-order chi connectivity index (χ0) is 14.8. The first-order valence-corrected chi connectivity index (χ1v) is 7.37. The first-order chi connectivity index (χ1) is 10.2. The van der Waals surface area contributed by atoms with Gasteiger partial charge >= 0.3 is 0 Å². The van der Waals surface area contributed by atoms with E-state index in [4.69, 9.17) is 0 Å². The van der Waals surface area contributed by atoms with Crippen molar-refractivity contribution in [2.24, 2.45) is 0 Å². The van der Waals surface area contributed by atoms with Crippen LogP contribution in [0, 0.1) is 0 Å². The van der Waals surface area contributed by atoms with Gasteiger partial charge in [-0.15, -0.1) is 0 Å². The maximum absolute atomic E-state index is 12.4. The smallest absolute Gasteiger partial charge is 0.278 e. The molecule has 0 aliphatic carbocycles. The fraction of sp³-hybridized carbons (Fsp3) is 0.375. The van der Waals surface area contributed by atoms with Crippen LogP contribution in [0.4, 0.5) is 0 Å². The van der Waals surface area contributed by atoms with Gasteiger partial charge in [-0.2, -0.15) is 5.10 Å². The molecule has 1 aromatic heterocycles. The van der Waals surface area contributed by atoms with Crippen LogP contribution >= 0.6 is 0 Å². The van der Waals surface area contributed by atoms with E-state index in [0.29, 0.717) is 0 Å².